The van der Waals surface area contributed by atoms with Crippen LogP contribution in [0.3, 0.4) is 0 Å². The fourth-order valence-electron chi connectivity index (χ4n) is 4.90. The summed E-state index contributed by atoms with van der Waals surface area (Å²) in [6, 6.07) is 23.5. The summed E-state index contributed by atoms with van der Waals surface area (Å²) in [7, 11) is 1.19. The largest absolute Gasteiger partial charge is 0.486 e. The monoisotopic (exact) mass is 502 g/mol. The van der Waals surface area contributed by atoms with Gasteiger partial charge in [-0.25, -0.2) is 13.6 Å². The Morgan fingerprint density at radius 3 is 2.68 bits per heavy atom. The van der Waals surface area contributed by atoms with Crippen LogP contribution in [-0.4, -0.2) is 32.3 Å². The Balaban J connectivity index is 1.35. The summed E-state index contributed by atoms with van der Waals surface area (Å²) < 4.78 is 40.1. The van der Waals surface area contributed by atoms with Crippen molar-refractivity contribution in [1.82, 2.24) is 5.32 Å². The minimum atomic E-state index is -0.787. The molecule has 1 N–H and O–H groups in total. The van der Waals surface area contributed by atoms with Gasteiger partial charge in [0.25, 0.3) is 0 Å². The van der Waals surface area contributed by atoms with Gasteiger partial charge < -0.3 is 19.7 Å². The molecule has 1 heterocycles. The average Bonchev–Trinajstić information content (AvgIpc) is 2.92. The highest BCUT2D eigenvalue weighted by molar-refractivity contribution is 5.91. The van der Waals surface area contributed by atoms with E-state index in [1.807, 2.05) is 12.1 Å². The Kier molecular flexibility index (Phi) is 7.06. The highest BCUT2D eigenvalue weighted by atomic mass is 19.1. The van der Waals surface area contributed by atoms with Crippen molar-refractivity contribution in [3.05, 3.63) is 102 Å². The number of halogens is 2. The smallest absolute Gasteiger partial charge is 0.340 e. The maximum Gasteiger partial charge on any atom is 0.340 e. The van der Waals surface area contributed by atoms with Crippen molar-refractivity contribution in [3.8, 4) is 5.75 Å². The van der Waals surface area contributed by atoms with Crippen molar-refractivity contribution in [1.29, 1.82) is 0 Å². The van der Waals surface area contributed by atoms with Crippen molar-refractivity contribution in [2.75, 3.05) is 25.1 Å². The first-order valence-electron chi connectivity index (χ1n) is 12.3. The Labute approximate surface area is 214 Å². The molecule has 0 bridgehead atoms. The van der Waals surface area contributed by atoms with Gasteiger partial charge in [-0.05, 0) is 66.6 Å². The molecular weight excluding hydrogens is 474 g/mol. The molecule has 5 rings (SSSR count). The maximum absolute atomic E-state index is 14.9. The van der Waals surface area contributed by atoms with Crippen LogP contribution in [0.1, 0.15) is 35.3 Å². The van der Waals surface area contributed by atoms with E-state index in [2.05, 4.69) is 42.6 Å². The van der Waals surface area contributed by atoms with Gasteiger partial charge in [-0.15, -0.1) is 0 Å². The average molecular weight is 503 g/mol. The molecule has 7 heteroatoms. The number of carbonyl (C=O) groups is 1. The quantitative estimate of drug-likeness (QED) is 0.291. The summed E-state index contributed by atoms with van der Waals surface area (Å²) in [4.78, 5) is 13.8. The van der Waals surface area contributed by atoms with Gasteiger partial charge >= 0.3 is 5.97 Å². The lowest BCUT2D eigenvalue weighted by Crippen LogP contribution is -2.39. The van der Waals surface area contributed by atoms with Crippen molar-refractivity contribution in [2.45, 2.75) is 25.5 Å². The van der Waals surface area contributed by atoms with Crippen molar-refractivity contribution in [2.24, 2.45) is 0 Å². The van der Waals surface area contributed by atoms with Crippen LogP contribution in [0.2, 0.25) is 0 Å². The molecule has 0 amide bonds. The van der Waals surface area contributed by atoms with Crippen LogP contribution in [0.25, 0.3) is 10.8 Å². The second-order valence-electron chi connectivity index (χ2n) is 9.13. The SMILES string of the molecule is COC(=O)c1cc(N2CC(CCN[C@H](C)c3cccc4ccccc34)Oc3cccc(F)c32)ccc1F. The Hall–Kier alpha value is -3.97. The molecule has 190 valence electrons. The molecule has 4 aromatic carbocycles. The first kappa shape index (κ1) is 24.7. The molecule has 0 saturated heterocycles. The van der Waals surface area contributed by atoms with Crippen molar-refractivity contribution < 1.29 is 23.0 Å². The van der Waals surface area contributed by atoms with E-state index >= 15 is 0 Å². The lowest BCUT2D eigenvalue weighted by atomic mass is 9.99. The second kappa shape index (κ2) is 10.6. The van der Waals surface area contributed by atoms with E-state index in [0.29, 0.717) is 30.9 Å². The standard InChI is InChI=1S/C30H28F2N2O3/c1-19(23-10-5-8-20-7-3-4-9-24(20)23)33-16-15-22-18-34(29-27(32)11-6-12-28(29)37-22)21-13-14-26(31)25(17-21)30(35)36-2/h3-14,17,19,22,33H,15-16,18H2,1-2H3/t19-,22?/m1/s1. The molecule has 0 radical (unpaired) electrons. The highest BCUT2D eigenvalue weighted by Crippen LogP contribution is 2.41. The molecule has 0 aromatic heterocycles. The molecule has 2 atom stereocenters. The zero-order chi connectivity index (χ0) is 25.9. The number of rotatable bonds is 7. The zero-order valence-corrected chi connectivity index (χ0v) is 20.7. The maximum atomic E-state index is 14.9. The Morgan fingerprint density at radius 1 is 1.05 bits per heavy atom. The minimum Gasteiger partial charge on any atom is -0.486 e. The number of nitrogens with one attached hydrogen (secondary N) is 1. The molecule has 0 fully saturated rings. The predicted octanol–water partition coefficient (Wildman–Crippen LogP) is 6.54. The number of ether oxygens (including phenoxy) is 2. The van der Waals surface area contributed by atoms with Gasteiger partial charge in [-0.3, -0.25) is 0 Å². The topological polar surface area (TPSA) is 50.8 Å². The van der Waals surface area contributed by atoms with Crippen molar-refractivity contribution in [3.63, 3.8) is 0 Å². The van der Waals surface area contributed by atoms with Crippen LogP contribution in [-0.2, 0) is 4.74 Å². The third-order valence-corrected chi connectivity index (χ3v) is 6.77. The zero-order valence-electron chi connectivity index (χ0n) is 20.7. The van der Waals surface area contributed by atoms with Crippen LogP contribution in [0, 0.1) is 11.6 Å². The molecule has 37 heavy (non-hydrogen) atoms. The normalized spacial score (nSPS) is 15.7. The Bertz CT molecular complexity index is 1440. The van der Waals surface area contributed by atoms with E-state index in [0.717, 1.165) is 0 Å². The van der Waals surface area contributed by atoms with E-state index in [1.54, 1.807) is 17.0 Å². The minimum absolute atomic E-state index is 0.121. The highest BCUT2D eigenvalue weighted by Gasteiger charge is 2.30. The lowest BCUT2D eigenvalue weighted by molar-refractivity contribution is 0.0595. The summed E-state index contributed by atoms with van der Waals surface area (Å²) in [5.41, 5.74) is 1.77. The summed E-state index contributed by atoms with van der Waals surface area (Å²) in [5, 5.41) is 6.00. The summed E-state index contributed by atoms with van der Waals surface area (Å²) in [6.07, 6.45) is 0.403. The van der Waals surface area contributed by atoms with E-state index in [4.69, 9.17) is 9.47 Å². The molecule has 4 aromatic rings. The summed E-state index contributed by atoms with van der Waals surface area (Å²) in [6.45, 7) is 3.14. The molecule has 1 aliphatic heterocycles. The number of fused-ring (bicyclic) bond motifs is 2. The van der Waals surface area contributed by atoms with Crippen LogP contribution in [0.5, 0.6) is 5.75 Å². The number of nitrogens with zero attached hydrogens (tertiary/aromatic N) is 1. The molecule has 0 saturated carbocycles. The van der Waals surface area contributed by atoms with Crippen LogP contribution in [0.4, 0.5) is 20.2 Å². The lowest BCUT2D eigenvalue weighted by Gasteiger charge is -2.37. The van der Waals surface area contributed by atoms with Gasteiger partial charge in [-0.2, -0.15) is 0 Å². The molecule has 1 unspecified atom stereocenters. The molecule has 0 spiro atoms. The number of esters is 1. The van der Waals surface area contributed by atoms with E-state index in [1.165, 1.54) is 47.7 Å². The third-order valence-electron chi connectivity index (χ3n) is 6.77. The number of hydrogen-bond acceptors (Lipinski definition) is 5. The molecule has 0 aliphatic carbocycles. The first-order chi connectivity index (χ1) is 18.0. The molecular formula is C30H28F2N2O3. The van der Waals surface area contributed by atoms with Gasteiger partial charge in [0.05, 0.1) is 19.2 Å². The number of anilines is 2. The summed E-state index contributed by atoms with van der Waals surface area (Å²) >= 11 is 0. The van der Waals surface area contributed by atoms with E-state index < -0.39 is 17.6 Å². The number of para-hydroxylation sites is 1. The fraction of sp³-hybridized carbons (Fsp3) is 0.233. The van der Waals surface area contributed by atoms with Gasteiger partial charge in [0, 0.05) is 11.7 Å². The number of carbonyl (C=O) groups excluding carboxylic acids is 1. The van der Waals surface area contributed by atoms with E-state index in [-0.39, 0.29) is 23.4 Å². The molecule has 1 aliphatic rings. The van der Waals surface area contributed by atoms with Crippen LogP contribution in [0.15, 0.2) is 78.9 Å². The number of methoxy groups -OCH3 is 1. The fourth-order valence-corrected chi connectivity index (χ4v) is 4.90. The number of benzene rings is 4. The predicted molar refractivity (Wildman–Crippen MR) is 141 cm³/mol. The van der Waals surface area contributed by atoms with E-state index in [9.17, 15) is 13.6 Å². The van der Waals surface area contributed by atoms with Crippen LogP contribution < -0.4 is 15.0 Å². The van der Waals surface area contributed by atoms with Gasteiger partial charge in [0.2, 0.25) is 0 Å². The van der Waals surface area contributed by atoms with Gasteiger partial charge in [0.1, 0.15) is 23.4 Å². The van der Waals surface area contributed by atoms with Gasteiger partial charge in [0.15, 0.2) is 5.82 Å². The second-order valence-corrected chi connectivity index (χ2v) is 9.13. The third kappa shape index (κ3) is 5.00. The van der Waals surface area contributed by atoms with Crippen LogP contribution >= 0.6 is 0 Å². The first-order valence-corrected chi connectivity index (χ1v) is 12.3. The summed E-state index contributed by atoms with van der Waals surface area (Å²) in [5.74, 6) is -1.53. The van der Waals surface area contributed by atoms with Crippen molar-refractivity contribution >= 4 is 28.1 Å². The Morgan fingerprint density at radius 2 is 1.84 bits per heavy atom. The molecule has 5 nitrogen and oxygen atoms in total. The number of hydrogen-bond donors (Lipinski definition) is 1. The van der Waals surface area contributed by atoms with Gasteiger partial charge in [-0.1, -0.05) is 48.5 Å².